The van der Waals surface area contributed by atoms with E-state index in [1.165, 1.54) is 5.56 Å². The van der Waals surface area contributed by atoms with Gasteiger partial charge in [-0.2, -0.15) is 0 Å². The van der Waals surface area contributed by atoms with Crippen molar-refractivity contribution in [1.29, 1.82) is 0 Å². The lowest BCUT2D eigenvalue weighted by molar-refractivity contribution is -0.155. The summed E-state index contributed by atoms with van der Waals surface area (Å²) in [5, 5.41) is 2.89. The van der Waals surface area contributed by atoms with Gasteiger partial charge in [0.1, 0.15) is 5.54 Å². The Labute approximate surface area is 125 Å². The number of rotatable bonds is 6. The van der Waals surface area contributed by atoms with Crippen molar-refractivity contribution in [1.82, 2.24) is 5.32 Å². The van der Waals surface area contributed by atoms with Gasteiger partial charge >= 0.3 is 5.97 Å². The van der Waals surface area contributed by atoms with Crippen LogP contribution in [0.25, 0.3) is 0 Å². The number of carbonyl (C=O) groups excluding carboxylic acids is 2. The molecule has 1 saturated heterocycles. The Kier molecular flexibility index (Phi) is 5.37. The van der Waals surface area contributed by atoms with E-state index in [-0.39, 0.29) is 11.9 Å². The maximum atomic E-state index is 12.3. The molecule has 1 heterocycles. The van der Waals surface area contributed by atoms with Gasteiger partial charge in [0, 0.05) is 6.42 Å². The number of benzene rings is 1. The summed E-state index contributed by atoms with van der Waals surface area (Å²) in [6.07, 6.45) is 4.30. The van der Waals surface area contributed by atoms with Crippen molar-refractivity contribution in [2.24, 2.45) is 0 Å². The number of hydrogen-bond acceptors (Lipinski definition) is 3. The first-order valence-corrected chi connectivity index (χ1v) is 7.68. The number of piperidine rings is 1. The summed E-state index contributed by atoms with van der Waals surface area (Å²) < 4.78 is 5.18. The molecule has 1 unspecified atom stereocenters. The molecule has 21 heavy (non-hydrogen) atoms. The molecule has 1 aliphatic rings. The van der Waals surface area contributed by atoms with Gasteiger partial charge in [-0.3, -0.25) is 4.79 Å². The zero-order valence-corrected chi connectivity index (χ0v) is 12.6. The van der Waals surface area contributed by atoms with E-state index >= 15 is 0 Å². The standard InChI is InChI=1S/C17H23NO3/c1-2-21-16(20)17(13-7-11-15(19)18-17)12-6-10-14-8-4-3-5-9-14/h3-5,8-9H,2,6-7,10-13H2,1H3,(H,18,19). The van der Waals surface area contributed by atoms with Gasteiger partial charge < -0.3 is 10.1 Å². The smallest absolute Gasteiger partial charge is 0.331 e. The first-order chi connectivity index (χ1) is 10.2. The maximum absolute atomic E-state index is 12.3. The molecule has 0 radical (unpaired) electrons. The number of ether oxygens (including phenoxy) is 1. The number of carbonyl (C=O) groups is 2. The molecule has 0 spiro atoms. The topological polar surface area (TPSA) is 55.4 Å². The fraction of sp³-hybridized carbons (Fsp3) is 0.529. The van der Waals surface area contributed by atoms with Gasteiger partial charge in [-0.25, -0.2) is 4.79 Å². The molecule has 2 rings (SSSR count). The van der Waals surface area contributed by atoms with Crippen LogP contribution in [0.2, 0.25) is 0 Å². The van der Waals surface area contributed by atoms with Crippen LogP contribution < -0.4 is 5.32 Å². The minimum absolute atomic E-state index is 0.0472. The van der Waals surface area contributed by atoms with E-state index < -0.39 is 5.54 Å². The minimum Gasteiger partial charge on any atom is -0.464 e. The lowest BCUT2D eigenvalue weighted by Gasteiger charge is -2.35. The summed E-state index contributed by atoms with van der Waals surface area (Å²) in [7, 11) is 0. The normalized spacial score (nSPS) is 21.7. The average Bonchev–Trinajstić information content (AvgIpc) is 2.48. The Balaban J connectivity index is 1.99. The zero-order chi connectivity index (χ0) is 15.1. The van der Waals surface area contributed by atoms with Crippen LogP contribution in [-0.2, 0) is 20.7 Å². The fourth-order valence-corrected chi connectivity index (χ4v) is 2.89. The molecule has 4 nitrogen and oxygen atoms in total. The number of nitrogens with one attached hydrogen (secondary N) is 1. The second-order valence-electron chi connectivity index (χ2n) is 5.54. The summed E-state index contributed by atoms with van der Waals surface area (Å²) in [5.74, 6) is -0.333. The minimum atomic E-state index is -0.819. The molecule has 1 aromatic rings. The second-order valence-corrected chi connectivity index (χ2v) is 5.54. The quantitative estimate of drug-likeness (QED) is 0.819. The van der Waals surface area contributed by atoms with Gasteiger partial charge in [0.05, 0.1) is 6.61 Å². The highest BCUT2D eigenvalue weighted by molar-refractivity contribution is 5.89. The Morgan fingerprint density at radius 3 is 2.76 bits per heavy atom. The summed E-state index contributed by atoms with van der Waals surface area (Å²) >= 11 is 0. The molecule has 1 aliphatic heterocycles. The zero-order valence-electron chi connectivity index (χ0n) is 12.6. The summed E-state index contributed by atoms with van der Waals surface area (Å²) in [5.41, 5.74) is 0.429. The summed E-state index contributed by atoms with van der Waals surface area (Å²) in [4.78, 5) is 24.0. The number of esters is 1. The van der Waals surface area contributed by atoms with Crippen LogP contribution >= 0.6 is 0 Å². The summed E-state index contributed by atoms with van der Waals surface area (Å²) in [6, 6.07) is 10.2. The van der Waals surface area contributed by atoms with Crippen molar-refractivity contribution < 1.29 is 14.3 Å². The molecule has 1 fully saturated rings. The molecule has 1 atom stereocenters. The second kappa shape index (κ2) is 7.25. The molecule has 4 heteroatoms. The van der Waals surface area contributed by atoms with Gasteiger partial charge in [-0.15, -0.1) is 0 Å². The van der Waals surface area contributed by atoms with Crippen LogP contribution in [0.15, 0.2) is 30.3 Å². The van der Waals surface area contributed by atoms with Crippen LogP contribution in [0.1, 0.15) is 44.6 Å². The van der Waals surface area contributed by atoms with Crippen molar-refractivity contribution in [2.45, 2.75) is 51.0 Å². The van der Waals surface area contributed by atoms with Crippen LogP contribution in [0, 0.1) is 0 Å². The molecule has 0 aliphatic carbocycles. The van der Waals surface area contributed by atoms with Crippen molar-refractivity contribution in [2.75, 3.05) is 6.61 Å². The van der Waals surface area contributed by atoms with Gasteiger partial charge in [0.2, 0.25) is 5.91 Å². The van der Waals surface area contributed by atoms with Crippen LogP contribution in [0.4, 0.5) is 0 Å². The molecule has 1 N–H and O–H groups in total. The number of hydrogen-bond donors (Lipinski definition) is 1. The monoisotopic (exact) mass is 289 g/mol. The Morgan fingerprint density at radius 2 is 2.10 bits per heavy atom. The molecule has 0 bridgehead atoms. The Hall–Kier alpha value is -1.84. The molecule has 1 amide bonds. The van der Waals surface area contributed by atoms with E-state index in [4.69, 9.17) is 4.74 Å². The van der Waals surface area contributed by atoms with E-state index in [1.807, 2.05) is 18.2 Å². The third-order valence-corrected chi connectivity index (χ3v) is 3.96. The highest BCUT2D eigenvalue weighted by Crippen LogP contribution is 2.27. The fourth-order valence-electron chi connectivity index (χ4n) is 2.89. The predicted octanol–water partition coefficient (Wildman–Crippen LogP) is 2.61. The van der Waals surface area contributed by atoms with Crippen molar-refractivity contribution in [3.05, 3.63) is 35.9 Å². The van der Waals surface area contributed by atoms with Gasteiger partial charge in [-0.05, 0) is 44.6 Å². The molecule has 114 valence electrons. The highest BCUT2D eigenvalue weighted by Gasteiger charge is 2.42. The van der Waals surface area contributed by atoms with E-state index in [0.717, 1.165) is 19.3 Å². The van der Waals surface area contributed by atoms with E-state index in [0.29, 0.717) is 25.9 Å². The molecule has 0 saturated carbocycles. The maximum Gasteiger partial charge on any atom is 0.331 e. The van der Waals surface area contributed by atoms with Crippen molar-refractivity contribution in [3.8, 4) is 0 Å². The van der Waals surface area contributed by atoms with E-state index in [2.05, 4.69) is 17.4 Å². The molecule has 0 aromatic heterocycles. The molecule has 1 aromatic carbocycles. The lowest BCUT2D eigenvalue weighted by atomic mass is 9.83. The van der Waals surface area contributed by atoms with Gasteiger partial charge in [-0.1, -0.05) is 30.3 Å². The molecular weight excluding hydrogens is 266 g/mol. The van der Waals surface area contributed by atoms with Gasteiger partial charge in [0.25, 0.3) is 0 Å². The Morgan fingerprint density at radius 1 is 1.33 bits per heavy atom. The third kappa shape index (κ3) is 4.06. The largest absolute Gasteiger partial charge is 0.464 e. The average molecular weight is 289 g/mol. The van der Waals surface area contributed by atoms with Crippen LogP contribution in [-0.4, -0.2) is 24.0 Å². The first-order valence-electron chi connectivity index (χ1n) is 7.68. The Bertz CT molecular complexity index is 486. The van der Waals surface area contributed by atoms with Gasteiger partial charge in [0.15, 0.2) is 0 Å². The lowest BCUT2D eigenvalue weighted by Crippen LogP contribution is -2.57. The first kappa shape index (κ1) is 15.5. The van der Waals surface area contributed by atoms with Crippen LogP contribution in [0.3, 0.4) is 0 Å². The van der Waals surface area contributed by atoms with Crippen molar-refractivity contribution >= 4 is 11.9 Å². The SMILES string of the molecule is CCOC(=O)C1(CCCc2ccccc2)CCCC(=O)N1. The van der Waals surface area contributed by atoms with E-state index in [1.54, 1.807) is 6.92 Å². The number of amides is 1. The number of aryl methyl sites for hydroxylation is 1. The summed E-state index contributed by atoms with van der Waals surface area (Å²) in [6.45, 7) is 2.13. The third-order valence-electron chi connectivity index (χ3n) is 3.96. The predicted molar refractivity (Wildman–Crippen MR) is 80.7 cm³/mol. The van der Waals surface area contributed by atoms with Crippen LogP contribution in [0.5, 0.6) is 0 Å². The van der Waals surface area contributed by atoms with E-state index in [9.17, 15) is 9.59 Å². The van der Waals surface area contributed by atoms with Crippen molar-refractivity contribution in [3.63, 3.8) is 0 Å². The molecular formula is C17H23NO3. The highest BCUT2D eigenvalue weighted by atomic mass is 16.5.